The number of nitrogens with zero attached hydrogens (tertiary/aromatic N) is 4. The fraction of sp³-hybridized carbons (Fsp3) is 0.0833. The van der Waals surface area contributed by atoms with Gasteiger partial charge >= 0.3 is 0 Å². The van der Waals surface area contributed by atoms with Gasteiger partial charge in [-0.1, -0.05) is 17.7 Å². The average molecular weight is 315 g/mol. The maximum Gasteiger partial charge on any atom is 0.225 e. The Balaban J connectivity index is 2.12. The molecular weight excluding hydrogens is 309 g/mol. The molecule has 0 aliphatic carbocycles. The largest absolute Gasteiger partial charge is 0.322 e. The molecule has 20 heavy (non-hydrogen) atoms. The molecule has 0 saturated carbocycles. The summed E-state index contributed by atoms with van der Waals surface area (Å²) >= 11 is 11.6. The molecule has 0 N–H and O–H groups in total. The van der Waals surface area contributed by atoms with E-state index in [1.54, 1.807) is 0 Å². The molecule has 0 unspecified atom stereocenters. The van der Waals surface area contributed by atoms with Crippen molar-refractivity contribution in [3.05, 3.63) is 52.2 Å². The fourth-order valence-corrected chi connectivity index (χ4v) is 2.37. The van der Waals surface area contributed by atoms with E-state index in [4.69, 9.17) is 23.2 Å². The van der Waals surface area contributed by atoms with Crippen LogP contribution in [0.1, 0.15) is 5.56 Å². The molecule has 0 radical (unpaired) electrons. The second-order valence-corrected chi connectivity index (χ2v) is 4.72. The minimum atomic E-state index is -0.641. The third kappa shape index (κ3) is 2.21. The van der Waals surface area contributed by atoms with Crippen molar-refractivity contribution < 1.29 is 8.78 Å². The Labute approximate surface area is 122 Å². The van der Waals surface area contributed by atoms with Crippen LogP contribution in [0.25, 0.3) is 11.2 Å². The highest BCUT2D eigenvalue weighted by atomic mass is 35.5. The van der Waals surface area contributed by atoms with Gasteiger partial charge in [0, 0.05) is 5.56 Å². The van der Waals surface area contributed by atoms with Gasteiger partial charge in [0.15, 0.2) is 10.8 Å². The maximum atomic E-state index is 13.6. The summed E-state index contributed by atoms with van der Waals surface area (Å²) in [5.74, 6) is -1.28. The van der Waals surface area contributed by atoms with E-state index >= 15 is 0 Å². The van der Waals surface area contributed by atoms with E-state index in [1.807, 2.05) is 0 Å². The molecular formula is C12H6Cl2F2N4. The summed E-state index contributed by atoms with van der Waals surface area (Å²) in [5, 5.41) is 0.0408. The van der Waals surface area contributed by atoms with E-state index in [-0.39, 0.29) is 28.2 Å². The third-order valence-corrected chi connectivity index (χ3v) is 3.23. The Kier molecular flexibility index (Phi) is 3.27. The Bertz CT molecular complexity index is 783. The first kappa shape index (κ1) is 13.2. The zero-order chi connectivity index (χ0) is 14.3. The van der Waals surface area contributed by atoms with Gasteiger partial charge in [0.05, 0.1) is 12.9 Å². The van der Waals surface area contributed by atoms with Gasteiger partial charge < -0.3 is 4.57 Å². The van der Waals surface area contributed by atoms with Crippen LogP contribution in [-0.2, 0) is 6.54 Å². The van der Waals surface area contributed by atoms with Crippen molar-refractivity contribution in [3.63, 3.8) is 0 Å². The zero-order valence-corrected chi connectivity index (χ0v) is 11.3. The molecule has 102 valence electrons. The molecule has 3 aromatic rings. The molecule has 0 amide bonds. The molecule has 0 atom stereocenters. The van der Waals surface area contributed by atoms with Crippen LogP contribution in [0.5, 0.6) is 0 Å². The number of hydrogen-bond donors (Lipinski definition) is 0. The highest BCUT2D eigenvalue weighted by molar-refractivity contribution is 6.35. The third-order valence-electron chi connectivity index (χ3n) is 2.79. The van der Waals surface area contributed by atoms with Crippen molar-refractivity contribution in [1.82, 2.24) is 19.5 Å². The zero-order valence-electron chi connectivity index (χ0n) is 9.82. The quantitative estimate of drug-likeness (QED) is 0.537. The molecule has 0 aliphatic heterocycles. The highest BCUT2D eigenvalue weighted by Crippen LogP contribution is 2.23. The van der Waals surface area contributed by atoms with Crippen LogP contribution in [0.2, 0.25) is 10.4 Å². The Hall–Kier alpha value is -1.79. The summed E-state index contributed by atoms with van der Waals surface area (Å²) in [6.45, 7) is -0.0697. The van der Waals surface area contributed by atoms with Crippen LogP contribution in [0.15, 0.2) is 24.5 Å². The summed E-state index contributed by atoms with van der Waals surface area (Å²) in [5.41, 5.74) is 0.559. The van der Waals surface area contributed by atoms with E-state index in [0.717, 1.165) is 0 Å². The lowest BCUT2D eigenvalue weighted by Gasteiger charge is -2.07. The van der Waals surface area contributed by atoms with E-state index in [2.05, 4.69) is 15.0 Å². The van der Waals surface area contributed by atoms with Crippen molar-refractivity contribution in [3.8, 4) is 0 Å². The molecule has 4 nitrogen and oxygen atoms in total. The van der Waals surface area contributed by atoms with Gasteiger partial charge in [-0.3, -0.25) is 0 Å². The van der Waals surface area contributed by atoms with Crippen molar-refractivity contribution in [2.24, 2.45) is 0 Å². The summed E-state index contributed by atoms with van der Waals surface area (Å²) in [6.07, 6.45) is 1.38. The van der Waals surface area contributed by atoms with E-state index in [9.17, 15) is 8.78 Å². The van der Waals surface area contributed by atoms with Gasteiger partial charge in [-0.25, -0.2) is 18.7 Å². The smallest absolute Gasteiger partial charge is 0.225 e. The summed E-state index contributed by atoms with van der Waals surface area (Å²) < 4.78 is 28.8. The Morgan fingerprint density at radius 2 is 1.80 bits per heavy atom. The summed E-state index contributed by atoms with van der Waals surface area (Å²) in [4.78, 5) is 11.7. The number of hydrogen-bond acceptors (Lipinski definition) is 3. The van der Waals surface area contributed by atoms with E-state index in [1.165, 1.54) is 29.1 Å². The molecule has 0 saturated heterocycles. The normalized spacial score (nSPS) is 11.2. The van der Waals surface area contributed by atoms with Crippen molar-refractivity contribution >= 4 is 34.4 Å². The molecule has 0 bridgehead atoms. The SMILES string of the molecule is Fc1cccc(F)c1Cn1cnc2nc(Cl)nc(Cl)c21. The minimum absolute atomic E-state index is 0.0372. The summed E-state index contributed by atoms with van der Waals surface area (Å²) in [7, 11) is 0. The highest BCUT2D eigenvalue weighted by Gasteiger charge is 2.15. The molecule has 0 fully saturated rings. The van der Waals surface area contributed by atoms with Gasteiger partial charge in [0.1, 0.15) is 17.2 Å². The minimum Gasteiger partial charge on any atom is -0.322 e. The predicted octanol–water partition coefficient (Wildman–Crippen LogP) is 3.46. The standard InChI is InChI=1S/C12H6Cl2F2N4/c13-10-9-11(19-12(14)18-10)17-5-20(9)4-6-7(15)2-1-3-8(6)16/h1-3,5H,4H2. The molecule has 3 rings (SSSR count). The first-order valence-electron chi connectivity index (χ1n) is 5.53. The van der Waals surface area contributed by atoms with E-state index in [0.29, 0.717) is 5.52 Å². The topological polar surface area (TPSA) is 43.6 Å². The maximum absolute atomic E-state index is 13.6. The Morgan fingerprint density at radius 3 is 2.50 bits per heavy atom. The molecule has 8 heteroatoms. The first-order valence-corrected chi connectivity index (χ1v) is 6.28. The van der Waals surface area contributed by atoms with Crippen molar-refractivity contribution in [1.29, 1.82) is 0 Å². The number of imidazole rings is 1. The van der Waals surface area contributed by atoms with Crippen LogP contribution in [0, 0.1) is 11.6 Å². The van der Waals surface area contributed by atoms with Crippen molar-refractivity contribution in [2.75, 3.05) is 0 Å². The first-order chi connectivity index (χ1) is 9.56. The second kappa shape index (κ2) is 4.96. The lowest BCUT2D eigenvalue weighted by Crippen LogP contribution is -2.04. The van der Waals surface area contributed by atoms with Crippen LogP contribution < -0.4 is 0 Å². The number of fused-ring (bicyclic) bond motifs is 1. The number of aromatic nitrogens is 4. The van der Waals surface area contributed by atoms with Crippen LogP contribution in [-0.4, -0.2) is 19.5 Å². The van der Waals surface area contributed by atoms with Crippen LogP contribution in [0.3, 0.4) is 0 Å². The van der Waals surface area contributed by atoms with Crippen LogP contribution in [0.4, 0.5) is 8.78 Å². The molecule has 1 aromatic carbocycles. The van der Waals surface area contributed by atoms with Gasteiger partial charge in [-0.2, -0.15) is 4.98 Å². The number of halogens is 4. The van der Waals surface area contributed by atoms with Gasteiger partial charge in [-0.05, 0) is 23.7 Å². The fourth-order valence-electron chi connectivity index (χ4n) is 1.88. The van der Waals surface area contributed by atoms with Gasteiger partial charge in [0.2, 0.25) is 5.28 Å². The van der Waals surface area contributed by atoms with Gasteiger partial charge in [0.25, 0.3) is 0 Å². The Morgan fingerprint density at radius 1 is 1.10 bits per heavy atom. The monoisotopic (exact) mass is 314 g/mol. The predicted molar refractivity (Wildman–Crippen MR) is 70.8 cm³/mol. The molecule has 0 aliphatic rings. The van der Waals surface area contributed by atoms with Crippen molar-refractivity contribution in [2.45, 2.75) is 6.54 Å². The molecule has 2 heterocycles. The number of benzene rings is 1. The average Bonchev–Trinajstić information content (AvgIpc) is 2.77. The number of rotatable bonds is 2. The van der Waals surface area contributed by atoms with E-state index < -0.39 is 11.6 Å². The molecule has 0 spiro atoms. The second-order valence-electron chi connectivity index (χ2n) is 4.03. The lowest BCUT2D eigenvalue weighted by atomic mass is 10.2. The molecule has 2 aromatic heterocycles. The van der Waals surface area contributed by atoms with Gasteiger partial charge in [-0.15, -0.1) is 0 Å². The lowest BCUT2D eigenvalue weighted by molar-refractivity contribution is 0.546. The van der Waals surface area contributed by atoms with Crippen LogP contribution >= 0.6 is 23.2 Å². The summed E-state index contributed by atoms with van der Waals surface area (Å²) in [6, 6.07) is 3.68.